The van der Waals surface area contributed by atoms with Crippen LogP contribution in [0.1, 0.15) is 11.1 Å². The molecule has 26 heavy (non-hydrogen) atoms. The Bertz CT molecular complexity index is 1060. The van der Waals surface area contributed by atoms with E-state index in [4.69, 9.17) is 4.98 Å². The zero-order valence-electron chi connectivity index (χ0n) is 14.4. The van der Waals surface area contributed by atoms with Crippen molar-refractivity contribution in [3.63, 3.8) is 0 Å². The number of aryl methyl sites for hydroxylation is 1. The summed E-state index contributed by atoms with van der Waals surface area (Å²) in [5, 5.41) is 8.93. The Morgan fingerprint density at radius 2 is 1.81 bits per heavy atom. The lowest BCUT2D eigenvalue weighted by Crippen LogP contribution is -2.20. The van der Waals surface area contributed by atoms with Gasteiger partial charge in [-0.05, 0) is 36.1 Å². The zero-order valence-corrected chi connectivity index (χ0v) is 14.4. The number of nitrogens with zero attached hydrogens (tertiary/aromatic N) is 5. The monoisotopic (exact) mass is 342 g/mol. The molecular formula is C20H18N6. The van der Waals surface area contributed by atoms with Gasteiger partial charge in [-0.2, -0.15) is 5.10 Å². The number of nitrogens with one attached hydrogen (secondary N) is 1. The van der Waals surface area contributed by atoms with E-state index in [1.165, 1.54) is 11.1 Å². The minimum atomic E-state index is 0.326. The molecule has 0 fully saturated rings. The molecular weight excluding hydrogens is 324 g/mol. The highest BCUT2D eigenvalue weighted by Crippen LogP contribution is 2.28. The van der Waals surface area contributed by atoms with Gasteiger partial charge < -0.3 is 5.32 Å². The molecule has 1 aromatic carbocycles. The van der Waals surface area contributed by atoms with Crippen LogP contribution in [0, 0.1) is 0 Å². The summed E-state index contributed by atoms with van der Waals surface area (Å²) in [5.74, 6) is 1.49. The fraction of sp³-hybridized carbons (Fsp3) is 0.200. The first kappa shape index (κ1) is 15.0. The van der Waals surface area contributed by atoms with E-state index in [9.17, 15) is 0 Å². The third-order valence-electron chi connectivity index (χ3n) is 4.90. The third-order valence-corrected chi connectivity index (χ3v) is 4.90. The van der Waals surface area contributed by atoms with Gasteiger partial charge in [0.15, 0.2) is 11.5 Å². The minimum Gasteiger partial charge on any atom is -0.366 e. The highest BCUT2D eigenvalue weighted by atomic mass is 15.3. The Kier molecular flexibility index (Phi) is 3.41. The summed E-state index contributed by atoms with van der Waals surface area (Å²) in [6.07, 6.45) is 7.37. The van der Waals surface area contributed by atoms with Gasteiger partial charge in [0.2, 0.25) is 0 Å². The van der Waals surface area contributed by atoms with Crippen molar-refractivity contribution in [2.75, 3.05) is 5.32 Å². The largest absolute Gasteiger partial charge is 0.366 e. The number of rotatable bonds is 3. The van der Waals surface area contributed by atoms with Gasteiger partial charge in [-0.1, -0.05) is 24.3 Å². The van der Waals surface area contributed by atoms with Gasteiger partial charge in [0.05, 0.1) is 11.6 Å². The van der Waals surface area contributed by atoms with Crippen molar-refractivity contribution in [3.05, 3.63) is 66.1 Å². The average molecular weight is 342 g/mol. The molecule has 128 valence electrons. The van der Waals surface area contributed by atoms with Crippen LogP contribution in [0.3, 0.4) is 0 Å². The summed E-state index contributed by atoms with van der Waals surface area (Å²) in [4.78, 5) is 13.7. The minimum absolute atomic E-state index is 0.326. The predicted molar refractivity (Wildman–Crippen MR) is 101 cm³/mol. The van der Waals surface area contributed by atoms with Crippen LogP contribution in [0.15, 0.2) is 55.0 Å². The quantitative estimate of drug-likeness (QED) is 0.620. The molecule has 6 nitrogen and oxygen atoms in total. The SMILES string of the molecule is Cn1ncc2c(NC3Cc4ccccc4C3)nc(-c3cccnc3)nc21. The van der Waals surface area contributed by atoms with Crippen molar-refractivity contribution >= 4 is 16.9 Å². The average Bonchev–Trinajstić information content (AvgIpc) is 3.26. The van der Waals surface area contributed by atoms with Crippen molar-refractivity contribution in [1.82, 2.24) is 24.7 Å². The zero-order chi connectivity index (χ0) is 17.5. The van der Waals surface area contributed by atoms with Gasteiger partial charge in [-0.3, -0.25) is 9.67 Å². The highest BCUT2D eigenvalue weighted by molar-refractivity contribution is 5.88. The van der Waals surface area contributed by atoms with Crippen molar-refractivity contribution in [1.29, 1.82) is 0 Å². The second-order valence-electron chi connectivity index (χ2n) is 6.66. The van der Waals surface area contributed by atoms with Gasteiger partial charge in [0.25, 0.3) is 0 Å². The summed E-state index contributed by atoms with van der Waals surface area (Å²) in [7, 11) is 1.90. The molecule has 0 radical (unpaired) electrons. The first-order chi connectivity index (χ1) is 12.8. The van der Waals surface area contributed by atoms with E-state index in [1.54, 1.807) is 17.1 Å². The Labute approximate surface area is 150 Å². The standard InChI is InChI=1S/C20H18N6/c1-26-20-17(12-22-26)19(24-18(25-20)15-7-4-8-21-11-15)23-16-9-13-5-2-3-6-14(13)10-16/h2-8,11-12,16H,9-10H2,1H3,(H,23,24,25). The topological polar surface area (TPSA) is 68.5 Å². The summed E-state index contributed by atoms with van der Waals surface area (Å²) >= 11 is 0. The number of aromatic nitrogens is 5. The number of hydrogen-bond donors (Lipinski definition) is 1. The van der Waals surface area contributed by atoms with Crippen LogP contribution >= 0.6 is 0 Å². The van der Waals surface area contributed by atoms with Gasteiger partial charge in [-0.15, -0.1) is 0 Å². The molecule has 1 N–H and O–H groups in total. The predicted octanol–water partition coefficient (Wildman–Crippen LogP) is 3.00. The lowest BCUT2D eigenvalue weighted by atomic mass is 10.1. The summed E-state index contributed by atoms with van der Waals surface area (Å²) in [5.41, 5.74) is 4.54. The van der Waals surface area contributed by atoms with Crippen molar-refractivity contribution in [2.24, 2.45) is 7.05 Å². The number of fused-ring (bicyclic) bond motifs is 2. The first-order valence-corrected chi connectivity index (χ1v) is 8.71. The summed E-state index contributed by atoms with van der Waals surface area (Å²) < 4.78 is 1.78. The van der Waals surface area contributed by atoms with E-state index >= 15 is 0 Å². The lowest BCUT2D eigenvalue weighted by molar-refractivity contribution is 0.769. The second-order valence-corrected chi connectivity index (χ2v) is 6.66. The fourth-order valence-corrected chi connectivity index (χ4v) is 3.61. The molecule has 0 spiro atoms. The molecule has 1 aliphatic rings. The Hall–Kier alpha value is -3.28. The third kappa shape index (κ3) is 2.50. The smallest absolute Gasteiger partial charge is 0.165 e. The van der Waals surface area contributed by atoms with Gasteiger partial charge in [0.1, 0.15) is 5.82 Å². The molecule has 0 bridgehead atoms. The Morgan fingerprint density at radius 1 is 1.00 bits per heavy atom. The van der Waals surface area contributed by atoms with E-state index in [-0.39, 0.29) is 0 Å². The molecule has 3 aromatic heterocycles. The van der Waals surface area contributed by atoms with E-state index < -0.39 is 0 Å². The molecule has 0 amide bonds. The highest BCUT2D eigenvalue weighted by Gasteiger charge is 2.23. The van der Waals surface area contributed by atoms with Crippen LogP contribution in [-0.2, 0) is 19.9 Å². The van der Waals surface area contributed by atoms with Crippen molar-refractivity contribution in [3.8, 4) is 11.4 Å². The molecule has 0 unspecified atom stereocenters. The van der Waals surface area contributed by atoms with Crippen LogP contribution in [-0.4, -0.2) is 30.8 Å². The normalized spacial score (nSPS) is 13.9. The van der Waals surface area contributed by atoms with Crippen molar-refractivity contribution < 1.29 is 0 Å². The maximum Gasteiger partial charge on any atom is 0.165 e. The molecule has 1 aliphatic carbocycles. The van der Waals surface area contributed by atoms with E-state index in [2.05, 4.69) is 44.6 Å². The molecule has 3 heterocycles. The van der Waals surface area contributed by atoms with Crippen LogP contribution in [0.25, 0.3) is 22.4 Å². The van der Waals surface area contributed by atoms with Crippen LogP contribution in [0.4, 0.5) is 5.82 Å². The number of hydrogen-bond acceptors (Lipinski definition) is 5. The van der Waals surface area contributed by atoms with E-state index in [1.807, 2.05) is 25.4 Å². The molecule has 0 aliphatic heterocycles. The molecule has 5 rings (SSSR count). The summed E-state index contributed by atoms with van der Waals surface area (Å²) in [6.45, 7) is 0. The van der Waals surface area contributed by atoms with Crippen LogP contribution in [0.2, 0.25) is 0 Å². The molecule has 4 aromatic rings. The van der Waals surface area contributed by atoms with E-state index in [0.29, 0.717) is 11.9 Å². The van der Waals surface area contributed by atoms with Gasteiger partial charge in [-0.25, -0.2) is 9.97 Å². The number of pyridine rings is 1. The van der Waals surface area contributed by atoms with Crippen LogP contribution in [0.5, 0.6) is 0 Å². The number of anilines is 1. The lowest BCUT2D eigenvalue weighted by Gasteiger charge is -2.14. The summed E-state index contributed by atoms with van der Waals surface area (Å²) in [6, 6.07) is 12.8. The molecule has 0 saturated carbocycles. The maximum atomic E-state index is 4.80. The Balaban J connectivity index is 1.55. The second kappa shape index (κ2) is 5.91. The van der Waals surface area contributed by atoms with Crippen molar-refractivity contribution in [2.45, 2.75) is 18.9 Å². The number of benzene rings is 1. The fourth-order valence-electron chi connectivity index (χ4n) is 3.61. The molecule has 0 atom stereocenters. The van der Waals surface area contributed by atoms with Gasteiger partial charge in [0, 0.05) is 31.0 Å². The Morgan fingerprint density at radius 3 is 2.54 bits per heavy atom. The van der Waals surface area contributed by atoms with Gasteiger partial charge >= 0.3 is 0 Å². The molecule has 0 saturated heterocycles. The molecule has 6 heteroatoms. The first-order valence-electron chi connectivity index (χ1n) is 8.71. The van der Waals surface area contributed by atoms with E-state index in [0.717, 1.165) is 35.3 Å². The van der Waals surface area contributed by atoms with Crippen LogP contribution < -0.4 is 5.32 Å². The maximum absolute atomic E-state index is 4.80.